The first-order valence-corrected chi connectivity index (χ1v) is 7.98. The van der Waals surface area contributed by atoms with E-state index in [0.29, 0.717) is 11.6 Å². The molecule has 2 fully saturated rings. The molecule has 24 heavy (non-hydrogen) atoms. The van der Waals surface area contributed by atoms with E-state index < -0.39 is 5.91 Å². The first-order valence-electron chi connectivity index (χ1n) is 7.98. The number of hydrogen-bond acceptors (Lipinski definition) is 5. The van der Waals surface area contributed by atoms with E-state index in [4.69, 9.17) is 5.73 Å². The quantitative estimate of drug-likeness (QED) is 0.737. The van der Waals surface area contributed by atoms with E-state index in [0.717, 1.165) is 51.3 Å². The molecular weight excluding hydrogens is 351 g/mol. The summed E-state index contributed by atoms with van der Waals surface area (Å²) in [4.78, 5) is 17.8. The number of carbonyl (C=O) groups excluding carboxylic acids is 1. The topological polar surface area (TPSA) is 91.5 Å². The van der Waals surface area contributed by atoms with Crippen molar-refractivity contribution >= 4 is 36.5 Å². The lowest BCUT2D eigenvalue weighted by atomic mass is 9.65. The van der Waals surface area contributed by atoms with Crippen LogP contribution >= 0.6 is 24.8 Å². The normalized spacial score (nSPS) is 22.4. The molecule has 1 atom stereocenters. The zero-order chi connectivity index (χ0) is 15.6. The molecule has 3 heterocycles. The molecule has 2 aliphatic rings. The summed E-state index contributed by atoms with van der Waals surface area (Å²) in [5.74, 6) is 0.669. The fourth-order valence-electron chi connectivity index (χ4n) is 3.87. The summed E-state index contributed by atoms with van der Waals surface area (Å²) >= 11 is 0. The van der Waals surface area contributed by atoms with Gasteiger partial charge in [0.15, 0.2) is 0 Å². The van der Waals surface area contributed by atoms with Crippen molar-refractivity contribution in [2.75, 3.05) is 37.7 Å². The van der Waals surface area contributed by atoms with Crippen LogP contribution in [0.5, 0.6) is 0 Å². The minimum atomic E-state index is -0.492. The molecule has 1 spiro atoms. The highest BCUT2D eigenvalue weighted by molar-refractivity contribution is 5.91. The number of amides is 1. The molecule has 0 aliphatic carbocycles. The largest absolute Gasteiger partial charge is 0.396 e. The van der Waals surface area contributed by atoms with Crippen LogP contribution in [0.15, 0.2) is 18.2 Å². The molecule has 1 amide bonds. The van der Waals surface area contributed by atoms with Crippen LogP contribution in [0.25, 0.3) is 0 Å². The Morgan fingerprint density at radius 1 is 1.33 bits per heavy atom. The molecule has 0 bridgehead atoms. The number of piperidine rings is 2. The minimum Gasteiger partial charge on any atom is -0.396 e. The Bertz CT molecular complexity index is 551. The summed E-state index contributed by atoms with van der Waals surface area (Å²) in [6.07, 6.45) is 3.24. The minimum absolute atomic E-state index is 0. The Kier molecular flexibility index (Phi) is 7.73. The van der Waals surface area contributed by atoms with Gasteiger partial charge in [-0.3, -0.25) is 4.79 Å². The zero-order valence-corrected chi connectivity index (χ0v) is 15.2. The van der Waals surface area contributed by atoms with Crippen LogP contribution in [0.1, 0.15) is 29.8 Å². The van der Waals surface area contributed by atoms with Crippen molar-refractivity contribution in [3.05, 3.63) is 23.9 Å². The Labute approximate surface area is 155 Å². The van der Waals surface area contributed by atoms with Crippen molar-refractivity contribution in [1.82, 2.24) is 10.3 Å². The maximum Gasteiger partial charge on any atom is 0.267 e. The Morgan fingerprint density at radius 2 is 2.04 bits per heavy atom. The molecule has 0 aromatic carbocycles. The smallest absolute Gasteiger partial charge is 0.267 e. The second-order valence-corrected chi connectivity index (χ2v) is 6.43. The first-order chi connectivity index (χ1) is 10.6. The van der Waals surface area contributed by atoms with Crippen LogP contribution in [-0.2, 0) is 0 Å². The Hall–Kier alpha value is -1.08. The van der Waals surface area contributed by atoms with Crippen LogP contribution in [0, 0.1) is 11.3 Å². The highest BCUT2D eigenvalue weighted by atomic mass is 35.5. The number of pyridine rings is 1. The van der Waals surface area contributed by atoms with E-state index in [1.165, 1.54) is 0 Å². The summed E-state index contributed by atoms with van der Waals surface area (Å²) in [6, 6.07) is 5.40. The van der Waals surface area contributed by atoms with E-state index in [9.17, 15) is 9.90 Å². The van der Waals surface area contributed by atoms with Gasteiger partial charge in [-0.1, -0.05) is 6.07 Å². The van der Waals surface area contributed by atoms with Crippen LogP contribution in [0.3, 0.4) is 0 Å². The Balaban J connectivity index is 0.00000144. The maximum atomic E-state index is 11.3. The number of nitrogens with two attached hydrogens (primary N) is 1. The molecule has 0 saturated carbocycles. The van der Waals surface area contributed by atoms with Gasteiger partial charge in [-0.15, -0.1) is 24.8 Å². The highest BCUT2D eigenvalue weighted by Gasteiger charge is 2.42. The van der Waals surface area contributed by atoms with Crippen molar-refractivity contribution in [3.63, 3.8) is 0 Å². The number of nitrogens with zero attached hydrogens (tertiary/aromatic N) is 2. The molecule has 0 radical (unpaired) electrons. The highest BCUT2D eigenvalue weighted by Crippen LogP contribution is 2.43. The number of halogens is 2. The Morgan fingerprint density at radius 3 is 2.67 bits per heavy atom. The predicted molar refractivity (Wildman–Crippen MR) is 99.2 cm³/mol. The van der Waals surface area contributed by atoms with Crippen molar-refractivity contribution in [2.45, 2.75) is 19.3 Å². The predicted octanol–water partition coefficient (Wildman–Crippen LogP) is 1.21. The van der Waals surface area contributed by atoms with Gasteiger partial charge in [-0.25, -0.2) is 4.98 Å². The van der Waals surface area contributed by atoms with Gasteiger partial charge in [0.1, 0.15) is 11.5 Å². The van der Waals surface area contributed by atoms with Crippen LogP contribution in [0.2, 0.25) is 0 Å². The average Bonchev–Trinajstić information content (AvgIpc) is 2.56. The van der Waals surface area contributed by atoms with E-state index in [-0.39, 0.29) is 36.8 Å². The van der Waals surface area contributed by atoms with Crippen molar-refractivity contribution in [1.29, 1.82) is 0 Å². The molecule has 1 aromatic heterocycles. The molecule has 136 valence electrons. The molecule has 1 aromatic rings. The summed E-state index contributed by atoms with van der Waals surface area (Å²) < 4.78 is 0. The summed E-state index contributed by atoms with van der Waals surface area (Å²) in [5, 5.41) is 13.1. The van der Waals surface area contributed by atoms with E-state index in [1.807, 2.05) is 12.1 Å². The summed E-state index contributed by atoms with van der Waals surface area (Å²) in [6.45, 7) is 4.01. The van der Waals surface area contributed by atoms with E-state index >= 15 is 0 Å². The lowest BCUT2D eigenvalue weighted by Crippen LogP contribution is -2.52. The van der Waals surface area contributed by atoms with Gasteiger partial charge in [-0.05, 0) is 43.4 Å². The molecule has 8 heteroatoms. The van der Waals surface area contributed by atoms with Crippen LogP contribution in [-0.4, -0.2) is 48.8 Å². The number of carbonyl (C=O) groups is 1. The fourth-order valence-corrected chi connectivity index (χ4v) is 3.87. The van der Waals surface area contributed by atoms with Crippen molar-refractivity contribution < 1.29 is 9.90 Å². The third-order valence-electron chi connectivity index (χ3n) is 5.35. The van der Waals surface area contributed by atoms with Crippen LogP contribution in [0.4, 0.5) is 5.82 Å². The lowest BCUT2D eigenvalue weighted by molar-refractivity contribution is 0.0326. The van der Waals surface area contributed by atoms with Gasteiger partial charge in [0, 0.05) is 32.2 Å². The number of nitrogens with one attached hydrogen (secondary N) is 1. The third-order valence-corrected chi connectivity index (χ3v) is 5.35. The molecule has 3 rings (SSSR count). The zero-order valence-electron chi connectivity index (χ0n) is 13.6. The second kappa shape index (κ2) is 8.85. The molecule has 2 aliphatic heterocycles. The number of aliphatic hydroxyl groups excluding tert-OH is 1. The van der Waals surface area contributed by atoms with Crippen molar-refractivity contribution in [3.8, 4) is 0 Å². The molecule has 2 saturated heterocycles. The first kappa shape index (κ1) is 21.0. The number of rotatable bonds is 3. The van der Waals surface area contributed by atoms with Gasteiger partial charge in [0.2, 0.25) is 0 Å². The SMILES string of the molecule is Cl.Cl.NC(=O)c1cccc(N2CCC3(CCNCC3CO)CC2)n1. The van der Waals surface area contributed by atoms with Gasteiger partial charge in [-0.2, -0.15) is 0 Å². The number of aliphatic hydroxyl groups is 1. The molecular formula is C16H26Cl2N4O2. The van der Waals surface area contributed by atoms with E-state index in [1.54, 1.807) is 6.07 Å². The molecule has 1 unspecified atom stereocenters. The average molecular weight is 377 g/mol. The molecule has 6 nitrogen and oxygen atoms in total. The number of hydrogen-bond donors (Lipinski definition) is 3. The standard InChI is InChI=1S/C16H24N4O2.2ClH/c17-15(22)13-2-1-3-14(19-13)20-8-5-16(6-9-20)4-7-18-10-12(16)11-21;;/h1-3,12,18,21H,4-11H2,(H2,17,22);2*1H. The fraction of sp³-hybridized carbons (Fsp3) is 0.625. The second-order valence-electron chi connectivity index (χ2n) is 6.43. The number of aromatic nitrogens is 1. The monoisotopic (exact) mass is 376 g/mol. The number of primary amides is 1. The van der Waals surface area contributed by atoms with Gasteiger partial charge in [0.05, 0.1) is 0 Å². The maximum absolute atomic E-state index is 11.3. The summed E-state index contributed by atoms with van der Waals surface area (Å²) in [7, 11) is 0. The van der Waals surface area contributed by atoms with Crippen LogP contribution < -0.4 is 16.0 Å². The van der Waals surface area contributed by atoms with Gasteiger partial charge < -0.3 is 21.1 Å². The van der Waals surface area contributed by atoms with Gasteiger partial charge in [0.25, 0.3) is 5.91 Å². The molecule has 4 N–H and O–H groups in total. The number of anilines is 1. The third kappa shape index (κ3) is 4.11. The van der Waals surface area contributed by atoms with Crippen molar-refractivity contribution in [2.24, 2.45) is 17.1 Å². The van der Waals surface area contributed by atoms with E-state index in [2.05, 4.69) is 15.2 Å². The summed E-state index contributed by atoms with van der Waals surface area (Å²) in [5.41, 5.74) is 5.87. The van der Waals surface area contributed by atoms with Gasteiger partial charge >= 0.3 is 0 Å². The lowest BCUT2D eigenvalue weighted by Gasteiger charge is -2.49.